The van der Waals surface area contributed by atoms with E-state index < -0.39 is 0 Å². The van der Waals surface area contributed by atoms with Gasteiger partial charge in [-0.25, -0.2) is 9.37 Å². The molecule has 0 saturated heterocycles. The maximum absolute atomic E-state index is 12.9. The molecular formula is C13H11Cl2FN2. The van der Waals surface area contributed by atoms with Gasteiger partial charge in [0.25, 0.3) is 0 Å². The lowest BCUT2D eigenvalue weighted by atomic mass is 10.3. The molecule has 0 atom stereocenters. The normalized spacial score (nSPS) is 10.4. The van der Waals surface area contributed by atoms with E-state index in [9.17, 15) is 4.39 Å². The molecular weight excluding hydrogens is 274 g/mol. The number of hydrogen-bond acceptors (Lipinski definition) is 2. The van der Waals surface area contributed by atoms with Gasteiger partial charge in [0, 0.05) is 12.7 Å². The predicted octanol–water partition coefficient (Wildman–Crippen LogP) is 4.38. The Morgan fingerprint density at radius 1 is 1.17 bits per heavy atom. The molecule has 0 aliphatic carbocycles. The Labute approximate surface area is 115 Å². The molecule has 0 saturated carbocycles. The molecule has 2 nitrogen and oxygen atoms in total. The lowest BCUT2D eigenvalue weighted by Gasteiger charge is -2.19. The summed E-state index contributed by atoms with van der Waals surface area (Å²) < 4.78 is 12.9. The van der Waals surface area contributed by atoms with Crippen molar-refractivity contribution in [2.24, 2.45) is 0 Å². The molecule has 94 valence electrons. The molecule has 0 aliphatic rings. The van der Waals surface area contributed by atoms with Crippen molar-refractivity contribution < 1.29 is 4.39 Å². The van der Waals surface area contributed by atoms with Gasteiger partial charge >= 0.3 is 0 Å². The van der Waals surface area contributed by atoms with E-state index in [1.54, 1.807) is 24.3 Å². The quantitative estimate of drug-likeness (QED) is 0.778. The van der Waals surface area contributed by atoms with E-state index in [4.69, 9.17) is 23.2 Å². The van der Waals surface area contributed by atoms with Crippen LogP contribution >= 0.6 is 23.2 Å². The molecule has 18 heavy (non-hydrogen) atoms. The highest BCUT2D eigenvalue weighted by Gasteiger charge is 2.08. The molecule has 0 fully saturated rings. The highest BCUT2D eigenvalue weighted by molar-refractivity contribution is 6.32. The number of nitrogens with zero attached hydrogens (tertiary/aromatic N) is 2. The van der Waals surface area contributed by atoms with Crippen LogP contribution in [-0.2, 0) is 5.88 Å². The molecule has 1 aromatic carbocycles. The van der Waals surface area contributed by atoms with E-state index in [1.165, 1.54) is 12.1 Å². The van der Waals surface area contributed by atoms with Gasteiger partial charge < -0.3 is 4.90 Å². The first kappa shape index (κ1) is 13.1. The summed E-state index contributed by atoms with van der Waals surface area (Å²) in [5, 5.41) is 0.543. The van der Waals surface area contributed by atoms with Crippen LogP contribution in [0, 0.1) is 5.82 Å². The topological polar surface area (TPSA) is 16.1 Å². The molecule has 0 amide bonds. The number of anilines is 2. The van der Waals surface area contributed by atoms with Crippen molar-refractivity contribution in [2.75, 3.05) is 11.9 Å². The molecule has 2 rings (SSSR count). The van der Waals surface area contributed by atoms with E-state index in [-0.39, 0.29) is 11.7 Å². The number of alkyl halides is 1. The Morgan fingerprint density at radius 3 is 2.44 bits per heavy atom. The summed E-state index contributed by atoms with van der Waals surface area (Å²) in [6.45, 7) is 0. The Hall–Kier alpha value is -1.32. The second kappa shape index (κ2) is 5.55. The van der Waals surface area contributed by atoms with Crippen LogP contribution in [0.1, 0.15) is 5.69 Å². The largest absolute Gasteiger partial charge is 0.329 e. The molecule has 0 unspecified atom stereocenters. The summed E-state index contributed by atoms with van der Waals surface area (Å²) in [7, 11) is 1.85. The Balaban J connectivity index is 2.33. The first-order valence-electron chi connectivity index (χ1n) is 5.32. The lowest BCUT2D eigenvalue weighted by Crippen LogP contribution is -2.11. The first-order valence-corrected chi connectivity index (χ1v) is 6.23. The van der Waals surface area contributed by atoms with Crippen LogP contribution in [0.4, 0.5) is 15.9 Å². The van der Waals surface area contributed by atoms with Gasteiger partial charge in [-0.1, -0.05) is 11.6 Å². The third kappa shape index (κ3) is 2.74. The van der Waals surface area contributed by atoms with E-state index in [0.717, 1.165) is 5.69 Å². The van der Waals surface area contributed by atoms with Gasteiger partial charge in [0.15, 0.2) is 0 Å². The maximum Gasteiger partial charge on any atom is 0.133 e. The van der Waals surface area contributed by atoms with Gasteiger partial charge in [-0.2, -0.15) is 0 Å². The number of benzene rings is 1. The van der Waals surface area contributed by atoms with E-state index >= 15 is 0 Å². The van der Waals surface area contributed by atoms with Gasteiger partial charge in [0.05, 0.1) is 16.6 Å². The number of halogens is 3. The van der Waals surface area contributed by atoms with E-state index in [2.05, 4.69) is 4.98 Å². The van der Waals surface area contributed by atoms with Crippen molar-refractivity contribution in [3.05, 3.63) is 52.9 Å². The van der Waals surface area contributed by atoms with Gasteiger partial charge in [-0.3, -0.25) is 0 Å². The van der Waals surface area contributed by atoms with Crippen LogP contribution in [0.25, 0.3) is 0 Å². The summed E-state index contributed by atoms with van der Waals surface area (Å²) in [6.07, 6.45) is 0. The van der Waals surface area contributed by atoms with Crippen LogP contribution in [0.3, 0.4) is 0 Å². The minimum atomic E-state index is -0.266. The highest BCUT2D eigenvalue weighted by Crippen LogP contribution is 2.25. The van der Waals surface area contributed by atoms with Gasteiger partial charge in [0.1, 0.15) is 11.6 Å². The van der Waals surface area contributed by atoms with Crippen molar-refractivity contribution in [2.45, 2.75) is 5.88 Å². The zero-order chi connectivity index (χ0) is 13.1. The number of rotatable bonds is 3. The molecule has 0 radical (unpaired) electrons. The average Bonchev–Trinajstić information content (AvgIpc) is 2.39. The second-order valence-corrected chi connectivity index (χ2v) is 4.44. The third-order valence-corrected chi connectivity index (χ3v) is 3.19. The van der Waals surface area contributed by atoms with Gasteiger partial charge in [0.2, 0.25) is 0 Å². The average molecular weight is 285 g/mol. The minimum Gasteiger partial charge on any atom is -0.329 e. The molecule has 1 heterocycles. The number of aromatic nitrogens is 1. The van der Waals surface area contributed by atoms with Gasteiger partial charge in [-0.15, -0.1) is 11.6 Å². The third-order valence-electron chi connectivity index (χ3n) is 2.59. The maximum atomic E-state index is 12.9. The van der Waals surface area contributed by atoms with Crippen molar-refractivity contribution in [3.63, 3.8) is 0 Å². The standard InChI is InChI=1S/C13H11Cl2FN2/c1-18(10-4-2-9(16)3-5-10)13-7-6-11(15)12(8-14)17-13/h2-7H,8H2,1H3. The van der Waals surface area contributed by atoms with Gasteiger partial charge in [-0.05, 0) is 36.4 Å². The number of hydrogen-bond donors (Lipinski definition) is 0. The van der Waals surface area contributed by atoms with Crippen molar-refractivity contribution in [1.29, 1.82) is 0 Å². The Morgan fingerprint density at radius 2 is 1.83 bits per heavy atom. The van der Waals surface area contributed by atoms with Crippen molar-refractivity contribution in [1.82, 2.24) is 4.98 Å². The Bertz CT molecular complexity index is 543. The van der Waals surface area contributed by atoms with Crippen LogP contribution in [-0.4, -0.2) is 12.0 Å². The minimum absolute atomic E-state index is 0.254. The van der Waals surface area contributed by atoms with Crippen LogP contribution < -0.4 is 4.90 Å². The summed E-state index contributed by atoms with van der Waals surface area (Å²) in [5.41, 5.74) is 1.47. The zero-order valence-corrected chi connectivity index (χ0v) is 11.2. The monoisotopic (exact) mass is 284 g/mol. The SMILES string of the molecule is CN(c1ccc(F)cc1)c1ccc(Cl)c(CCl)n1. The summed E-state index contributed by atoms with van der Waals surface area (Å²) >= 11 is 11.7. The van der Waals surface area contributed by atoms with E-state index in [1.807, 2.05) is 11.9 Å². The van der Waals surface area contributed by atoms with E-state index in [0.29, 0.717) is 16.5 Å². The summed E-state index contributed by atoms with van der Waals surface area (Å²) in [6, 6.07) is 9.73. The van der Waals surface area contributed by atoms with Crippen LogP contribution in [0.5, 0.6) is 0 Å². The zero-order valence-electron chi connectivity index (χ0n) is 9.70. The summed E-state index contributed by atoms with van der Waals surface area (Å²) in [4.78, 5) is 6.20. The fraction of sp³-hybridized carbons (Fsp3) is 0.154. The molecule has 0 aliphatic heterocycles. The van der Waals surface area contributed by atoms with Crippen LogP contribution in [0.15, 0.2) is 36.4 Å². The predicted molar refractivity (Wildman–Crippen MR) is 73.3 cm³/mol. The molecule has 2 aromatic rings. The molecule has 5 heteroatoms. The molecule has 1 aromatic heterocycles. The van der Waals surface area contributed by atoms with Crippen molar-refractivity contribution in [3.8, 4) is 0 Å². The fourth-order valence-electron chi connectivity index (χ4n) is 1.55. The first-order chi connectivity index (χ1) is 8.61. The molecule has 0 spiro atoms. The molecule has 0 N–H and O–H groups in total. The Kier molecular flexibility index (Phi) is 4.04. The van der Waals surface area contributed by atoms with Crippen molar-refractivity contribution >= 4 is 34.7 Å². The summed E-state index contributed by atoms with van der Waals surface area (Å²) in [5.74, 6) is 0.698. The highest BCUT2D eigenvalue weighted by atomic mass is 35.5. The number of pyridine rings is 1. The fourth-order valence-corrected chi connectivity index (χ4v) is 1.99. The van der Waals surface area contributed by atoms with Crippen LogP contribution in [0.2, 0.25) is 5.02 Å². The second-order valence-electron chi connectivity index (χ2n) is 3.77. The molecule has 0 bridgehead atoms. The lowest BCUT2D eigenvalue weighted by molar-refractivity contribution is 0.628. The smallest absolute Gasteiger partial charge is 0.133 e.